The number of thioether (sulfide) groups is 1. The van der Waals surface area contributed by atoms with Gasteiger partial charge in [-0.05, 0) is 38.5 Å². The number of H-pyrrole nitrogens is 1. The molecule has 0 spiro atoms. The van der Waals surface area contributed by atoms with E-state index in [4.69, 9.17) is 21.1 Å². The third kappa shape index (κ3) is 4.77. The summed E-state index contributed by atoms with van der Waals surface area (Å²) in [6.07, 6.45) is 0. The largest absolute Gasteiger partial charge is 0.484 e. The predicted molar refractivity (Wildman–Crippen MR) is 118 cm³/mol. The molecule has 3 aromatic rings. The highest BCUT2D eigenvalue weighted by Crippen LogP contribution is 2.28. The highest BCUT2D eigenvalue weighted by atomic mass is 35.5. The summed E-state index contributed by atoms with van der Waals surface area (Å²) >= 11 is 7.39. The fraction of sp³-hybridized carbons (Fsp3) is 0.333. The Hall–Kier alpha value is -2.78. The number of ketones is 1. The summed E-state index contributed by atoms with van der Waals surface area (Å²) in [4.78, 5) is 28.0. The number of hydrogen-bond acceptors (Lipinski definition) is 7. The zero-order valence-corrected chi connectivity index (χ0v) is 19.4. The van der Waals surface area contributed by atoms with Crippen molar-refractivity contribution >= 4 is 35.1 Å². The number of para-hydroxylation sites is 1. The topological polar surface area (TPSA) is 99.1 Å². The number of ether oxygens (including phenoxy) is 2. The number of Topliss-reactive ketones (excluding diaryl/α,β-unsaturated/α-hetero) is 1. The molecule has 0 fully saturated rings. The molecule has 1 unspecified atom stereocenters. The van der Waals surface area contributed by atoms with E-state index in [9.17, 15) is 9.59 Å². The van der Waals surface area contributed by atoms with Crippen molar-refractivity contribution in [1.29, 1.82) is 0 Å². The van der Waals surface area contributed by atoms with Crippen LogP contribution >= 0.6 is 23.4 Å². The van der Waals surface area contributed by atoms with Crippen LogP contribution in [0.2, 0.25) is 5.02 Å². The van der Waals surface area contributed by atoms with Gasteiger partial charge in [-0.3, -0.25) is 4.79 Å². The average molecular weight is 463 g/mol. The first-order chi connectivity index (χ1) is 14.7. The lowest BCUT2D eigenvalue weighted by atomic mass is 10.1. The number of aromatic amines is 1. The van der Waals surface area contributed by atoms with Crippen LogP contribution in [0.3, 0.4) is 0 Å². The molecule has 2 aromatic heterocycles. The fourth-order valence-corrected chi connectivity index (χ4v) is 4.18. The number of esters is 1. The maximum absolute atomic E-state index is 13.0. The van der Waals surface area contributed by atoms with E-state index in [1.807, 2.05) is 19.2 Å². The quantitative estimate of drug-likeness (QED) is 0.305. The lowest BCUT2D eigenvalue weighted by Gasteiger charge is -2.11. The number of nitrogens with one attached hydrogen (secondary N) is 1. The van der Waals surface area contributed by atoms with Crippen LogP contribution in [0.4, 0.5) is 0 Å². The highest BCUT2D eigenvalue weighted by molar-refractivity contribution is 8.00. The number of carbonyl (C=O) groups excluding carboxylic acids is 2. The third-order valence-corrected chi connectivity index (χ3v) is 6.29. The number of aryl methyl sites for hydroxylation is 1. The van der Waals surface area contributed by atoms with Crippen molar-refractivity contribution in [1.82, 2.24) is 19.7 Å². The summed E-state index contributed by atoms with van der Waals surface area (Å²) in [6, 6.07) is 7.19. The standard InChI is InChI=1S/C21H23ClN4O4S/c1-11-17(20(28)29-5)12(2)23-18(11)19(27)13(3)31-21-25-24-16(26(21)4)10-30-15-9-7-6-8-14(15)22/h6-9,13,23H,10H2,1-5H3. The van der Waals surface area contributed by atoms with Crippen LogP contribution in [0.1, 0.15) is 44.9 Å². The summed E-state index contributed by atoms with van der Waals surface area (Å²) in [7, 11) is 3.12. The van der Waals surface area contributed by atoms with Crippen molar-refractivity contribution < 1.29 is 19.1 Å². The molecule has 0 saturated carbocycles. The first-order valence-electron chi connectivity index (χ1n) is 9.48. The molecule has 0 aliphatic rings. The molecule has 0 saturated heterocycles. The third-order valence-electron chi connectivity index (χ3n) is 4.84. The second kappa shape index (κ2) is 9.57. The molecule has 0 aliphatic heterocycles. The summed E-state index contributed by atoms with van der Waals surface area (Å²) in [5.41, 5.74) is 1.96. The smallest absolute Gasteiger partial charge is 0.339 e. The fourth-order valence-electron chi connectivity index (χ4n) is 3.10. The van der Waals surface area contributed by atoms with E-state index in [0.717, 1.165) is 0 Å². The van der Waals surface area contributed by atoms with Crippen LogP contribution in [-0.4, -0.2) is 43.9 Å². The van der Waals surface area contributed by atoms with Gasteiger partial charge in [0.2, 0.25) is 0 Å². The van der Waals surface area contributed by atoms with Crippen LogP contribution in [0.15, 0.2) is 29.4 Å². The summed E-state index contributed by atoms with van der Waals surface area (Å²) in [6.45, 7) is 5.44. The Labute approximate surface area is 189 Å². The minimum Gasteiger partial charge on any atom is -0.484 e. The highest BCUT2D eigenvalue weighted by Gasteiger charge is 2.27. The molecule has 1 N–H and O–H groups in total. The lowest BCUT2D eigenvalue weighted by Crippen LogP contribution is -2.16. The molecule has 0 aliphatic carbocycles. The maximum atomic E-state index is 13.0. The van der Waals surface area contributed by atoms with E-state index >= 15 is 0 Å². The van der Waals surface area contributed by atoms with Gasteiger partial charge >= 0.3 is 5.97 Å². The minimum atomic E-state index is -0.470. The number of halogens is 1. The Bertz CT molecular complexity index is 1120. The molecule has 0 radical (unpaired) electrons. The molecule has 1 atom stereocenters. The predicted octanol–water partition coefficient (Wildman–Crippen LogP) is 4.14. The molecular weight excluding hydrogens is 440 g/mol. The number of nitrogens with zero attached hydrogens (tertiary/aromatic N) is 3. The molecule has 0 amide bonds. The van der Waals surface area contributed by atoms with E-state index in [-0.39, 0.29) is 12.4 Å². The molecule has 164 valence electrons. The van der Waals surface area contributed by atoms with Crippen LogP contribution in [0.5, 0.6) is 5.75 Å². The Morgan fingerprint density at radius 1 is 1.26 bits per heavy atom. The Morgan fingerprint density at radius 2 is 1.97 bits per heavy atom. The zero-order valence-electron chi connectivity index (χ0n) is 17.9. The van der Waals surface area contributed by atoms with E-state index in [1.54, 1.807) is 37.5 Å². The molecular formula is C21H23ClN4O4S. The second-order valence-corrected chi connectivity index (χ2v) is 8.63. The van der Waals surface area contributed by atoms with Gasteiger partial charge in [0.05, 0.1) is 28.6 Å². The van der Waals surface area contributed by atoms with Crippen molar-refractivity contribution in [2.24, 2.45) is 7.05 Å². The van der Waals surface area contributed by atoms with Crippen LogP contribution < -0.4 is 4.74 Å². The molecule has 0 bridgehead atoms. The van der Waals surface area contributed by atoms with Crippen LogP contribution in [-0.2, 0) is 18.4 Å². The van der Waals surface area contributed by atoms with Crippen molar-refractivity contribution in [3.8, 4) is 5.75 Å². The van der Waals surface area contributed by atoms with Gasteiger partial charge in [-0.1, -0.05) is 35.5 Å². The molecule has 3 rings (SSSR count). The number of benzene rings is 1. The normalized spacial score (nSPS) is 11.9. The Morgan fingerprint density at radius 3 is 2.65 bits per heavy atom. The van der Waals surface area contributed by atoms with E-state index in [1.165, 1.54) is 18.9 Å². The maximum Gasteiger partial charge on any atom is 0.339 e. The Kier molecular flexibility index (Phi) is 7.07. The van der Waals surface area contributed by atoms with Crippen molar-refractivity contribution in [3.63, 3.8) is 0 Å². The first kappa shape index (κ1) is 22.9. The molecule has 2 heterocycles. The van der Waals surface area contributed by atoms with E-state index in [0.29, 0.717) is 44.3 Å². The van der Waals surface area contributed by atoms with E-state index < -0.39 is 11.2 Å². The van der Waals surface area contributed by atoms with Gasteiger partial charge < -0.3 is 19.0 Å². The van der Waals surface area contributed by atoms with Gasteiger partial charge in [-0.25, -0.2) is 4.79 Å². The van der Waals surface area contributed by atoms with Crippen molar-refractivity contribution in [2.45, 2.75) is 37.8 Å². The van der Waals surface area contributed by atoms with Gasteiger partial charge in [0.25, 0.3) is 0 Å². The number of hydrogen-bond donors (Lipinski definition) is 1. The second-order valence-electron chi connectivity index (χ2n) is 6.92. The van der Waals surface area contributed by atoms with Crippen molar-refractivity contribution in [3.05, 3.63) is 57.6 Å². The van der Waals surface area contributed by atoms with Gasteiger partial charge in [-0.2, -0.15) is 0 Å². The number of methoxy groups -OCH3 is 1. The molecule has 8 nitrogen and oxygen atoms in total. The lowest BCUT2D eigenvalue weighted by molar-refractivity contribution is 0.0599. The van der Waals surface area contributed by atoms with Gasteiger partial charge in [-0.15, -0.1) is 10.2 Å². The number of rotatable bonds is 8. The summed E-state index contributed by atoms with van der Waals surface area (Å²) in [5, 5.41) is 8.97. The van der Waals surface area contributed by atoms with Crippen molar-refractivity contribution in [2.75, 3.05) is 7.11 Å². The number of carbonyl (C=O) groups is 2. The van der Waals surface area contributed by atoms with Gasteiger partial charge in [0.1, 0.15) is 12.4 Å². The number of aromatic nitrogens is 4. The molecule has 1 aromatic carbocycles. The zero-order chi connectivity index (χ0) is 22.7. The summed E-state index contributed by atoms with van der Waals surface area (Å²) in [5.74, 6) is 0.547. The first-order valence-corrected chi connectivity index (χ1v) is 10.7. The molecule has 10 heteroatoms. The van der Waals surface area contributed by atoms with Gasteiger partial charge in [0.15, 0.2) is 16.8 Å². The van der Waals surface area contributed by atoms with Gasteiger partial charge in [0, 0.05) is 12.7 Å². The average Bonchev–Trinajstić information content (AvgIpc) is 3.25. The van der Waals surface area contributed by atoms with Crippen LogP contribution in [0, 0.1) is 13.8 Å². The molecule has 31 heavy (non-hydrogen) atoms. The summed E-state index contributed by atoms with van der Waals surface area (Å²) < 4.78 is 12.3. The van der Waals surface area contributed by atoms with E-state index in [2.05, 4.69) is 15.2 Å². The van der Waals surface area contributed by atoms with Crippen LogP contribution in [0.25, 0.3) is 0 Å². The Balaban J connectivity index is 1.71. The monoisotopic (exact) mass is 462 g/mol. The minimum absolute atomic E-state index is 0.141. The SMILES string of the molecule is COC(=O)c1c(C)[nH]c(C(=O)C(C)Sc2nnc(COc3ccccc3Cl)n2C)c1C.